The van der Waals surface area contributed by atoms with Gasteiger partial charge in [0.15, 0.2) is 0 Å². The average Bonchev–Trinajstić information content (AvgIpc) is 2.75. The zero-order valence-electron chi connectivity index (χ0n) is 10.7. The van der Waals surface area contributed by atoms with Gasteiger partial charge in [0.1, 0.15) is 6.04 Å². The Morgan fingerprint density at radius 3 is 2.58 bits per heavy atom. The smallest absolute Gasteiger partial charge is 0.326 e. The lowest BCUT2D eigenvalue weighted by Crippen LogP contribution is -2.49. The highest BCUT2D eigenvalue weighted by Crippen LogP contribution is 2.27. The maximum Gasteiger partial charge on any atom is 0.326 e. The van der Waals surface area contributed by atoms with Gasteiger partial charge < -0.3 is 21.5 Å². The number of hydrogen-bond acceptors (Lipinski definition) is 4. The molecule has 108 valence electrons. The highest BCUT2D eigenvalue weighted by Gasteiger charge is 2.27. The van der Waals surface area contributed by atoms with Crippen LogP contribution in [0.4, 0.5) is 4.79 Å². The number of thioether (sulfide) groups is 1. The molecule has 0 saturated heterocycles. The number of rotatable bonds is 6. The van der Waals surface area contributed by atoms with Gasteiger partial charge in [0, 0.05) is 11.3 Å². The first kappa shape index (κ1) is 15.6. The molecule has 0 aliphatic heterocycles. The summed E-state index contributed by atoms with van der Waals surface area (Å²) in [7, 11) is 0. The number of hydrogen-bond donors (Lipinski definition) is 4. The van der Waals surface area contributed by atoms with Gasteiger partial charge in [-0.2, -0.15) is 11.8 Å². The zero-order valence-corrected chi connectivity index (χ0v) is 11.5. The SMILES string of the molecule is CSC1CCC(NC(=O)N[C@H](CC(N)=O)C(=O)O)C1. The van der Waals surface area contributed by atoms with Gasteiger partial charge in [-0.3, -0.25) is 4.79 Å². The summed E-state index contributed by atoms with van der Waals surface area (Å²) in [5.41, 5.74) is 4.93. The van der Waals surface area contributed by atoms with Crippen molar-refractivity contribution < 1.29 is 19.5 Å². The van der Waals surface area contributed by atoms with Crippen molar-refractivity contribution in [2.45, 2.75) is 43.0 Å². The Balaban J connectivity index is 2.40. The molecule has 1 rings (SSSR count). The first-order valence-electron chi connectivity index (χ1n) is 6.03. The maximum absolute atomic E-state index is 11.6. The zero-order chi connectivity index (χ0) is 14.4. The van der Waals surface area contributed by atoms with E-state index in [9.17, 15) is 14.4 Å². The molecule has 0 radical (unpaired) electrons. The van der Waals surface area contributed by atoms with Gasteiger partial charge in [-0.05, 0) is 25.5 Å². The molecular formula is C11H19N3O4S. The summed E-state index contributed by atoms with van der Waals surface area (Å²) in [5, 5.41) is 14.4. The van der Waals surface area contributed by atoms with Crippen LogP contribution in [-0.2, 0) is 9.59 Å². The van der Waals surface area contributed by atoms with E-state index in [2.05, 4.69) is 10.6 Å². The first-order chi connectivity index (χ1) is 8.92. The second kappa shape index (κ2) is 7.22. The van der Waals surface area contributed by atoms with Gasteiger partial charge in [0.2, 0.25) is 5.91 Å². The van der Waals surface area contributed by atoms with Crippen molar-refractivity contribution in [1.82, 2.24) is 10.6 Å². The van der Waals surface area contributed by atoms with Gasteiger partial charge in [-0.15, -0.1) is 0 Å². The average molecular weight is 289 g/mol. The number of urea groups is 1. The van der Waals surface area contributed by atoms with Gasteiger partial charge >= 0.3 is 12.0 Å². The molecule has 1 fully saturated rings. The minimum absolute atomic E-state index is 0.0560. The Morgan fingerprint density at radius 1 is 1.42 bits per heavy atom. The van der Waals surface area contributed by atoms with Crippen molar-refractivity contribution in [3.05, 3.63) is 0 Å². The van der Waals surface area contributed by atoms with Crippen molar-refractivity contribution in [2.75, 3.05) is 6.26 Å². The summed E-state index contributed by atoms with van der Waals surface area (Å²) in [4.78, 5) is 33.2. The van der Waals surface area contributed by atoms with E-state index in [1.165, 1.54) is 0 Å². The van der Waals surface area contributed by atoms with Crippen molar-refractivity contribution in [3.63, 3.8) is 0 Å². The van der Waals surface area contributed by atoms with Gasteiger partial charge in [-0.1, -0.05) is 0 Å². The van der Waals surface area contributed by atoms with Crippen molar-refractivity contribution >= 4 is 29.7 Å². The third-order valence-corrected chi connectivity index (χ3v) is 4.16. The van der Waals surface area contributed by atoms with Crippen molar-refractivity contribution in [1.29, 1.82) is 0 Å². The van der Waals surface area contributed by atoms with Crippen LogP contribution in [0.1, 0.15) is 25.7 Å². The molecule has 8 heteroatoms. The van der Waals surface area contributed by atoms with Crippen molar-refractivity contribution in [2.24, 2.45) is 5.73 Å². The molecule has 5 N–H and O–H groups in total. The van der Waals surface area contributed by atoms with Gasteiger partial charge in [-0.25, -0.2) is 9.59 Å². The number of nitrogens with two attached hydrogens (primary N) is 1. The quantitative estimate of drug-likeness (QED) is 0.544. The first-order valence-corrected chi connectivity index (χ1v) is 7.32. The third kappa shape index (κ3) is 5.37. The minimum atomic E-state index is -1.28. The number of carboxylic acid groups (broad SMARTS) is 1. The molecule has 1 saturated carbocycles. The molecule has 0 aromatic carbocycles. The highest BCUT2D eigenvalue weighted by atomic mass is 32.2. The molecule has 1 aliphatic carbocycles. The summed E-state index contributed by atoms with van der Waals surface area (Å²) >= 11 is 1.76. The molecule has 0 bridgehead atoms. The number of nitrogens with one attached hydrogen (secondary N) is 2. The molecule has 0 spiro atoms. The predicted octanol–water partition coefficient (Wildman–Crippen LogP) is -0.102. The number of carbonyl (C=O) groups is 3. The number of aliphatic carboxylic acids is 1. The molecule has 0 aromatic rings. The number of carboxylic acids is 1. The van der Waals surface area contributed by atoms with Crippen LogP contribution in [0.15, 0.2) is 0 Å². The van der Waals surface area contributed by atoms with E-state index in [-0.39, 0.29) is 6.04 Å². The second-order valence-electron chi connectivity index (χ2n) is 4.55. The fraction of sp³-hybridized carbons (Fsp3) is 0.727. The molecule has 3 amide bonds. The van der Waals surface area contributed by atoms with Crippen molar-refractivity contribution in [3.8, 4) is 0 Å². The van der Waals surface area contributed by atoms with Crippen LogP contribution in [0, 0.1) is 0 Å². The van der Waals surface area contributed by atoms with E-state index in [1.807, 2.05) is 6.26 Å². The van der Waals surface area contributed by atoms with Crippen LogP contribution in [0.25, 0.3) is 0 Å². The van der Waals surface area contributed by atoms with E-state index in [1.54, 1.807) is 11.8 Å². The second-order valence-corrected chi connectivity index (χ2v) is 5.68. The summed E-state index contributed by atoms with van der Waals surface area (Å²) in [6.45, 7) is 0. The molecular weight excluding hydrogens is 270 g/mol. The number of carbonyl (C=O) groups excluding carboxylic acids is 2. The summed E-state index contributed by atoms with van der Waals surface area (Å²) < 4.78 is 0. The topological polar surface area (TPSA) is 122 Å². The maximum atomic E-state index is 11.6. The monoisotopic (exact) mass is 289 g/mol. The Hall–Kier alpha value is -1.44. The van der Waals surface area contributed by atoms with E-state index in [0.29, 0.717) is 5.25 Å². The lowest BCUT2D eigenvalue weighted by molar-refractivity contribution is -0.140. The lowest BCUT2D eigenvalue weighted by Gasteiger charge is -2.17. The molecule has 3 atom stereocenters. The molecule has 7 nitrogen and oxygen atoms in total. The van der Waals surface area contributed by atoms with E-state index in [0.717, 1.165) is 19.3 Å². The van der Waals surface area contributed by atoms with Gasteiger partial charge in [0.05, 0.1) is 6.42 Å². The third-order valence-electron chi connectivity index (χ3n) is 3.06. The molecule has 0 aromatic heterocycles. The summed E-state index contributed by atoms with van der Waals surface area (Å²) in [6, 6.07) is -1.80. The lowest BCUT2D eigenvalue weighted by atomic mass is 10.2. The van der Waals surface area contributed by atoms with Crippen LogP contribution in [-0.4, -0.2) is 46.6 Å². The summed E-state index contributed by atoms with van der Waals surface area (Å²) in [6.07, 6.45) is 4.41. The minimum Gasteiger partial charge on any atom is -0.480 e. The normalized spacial score (nSPS) is 23.6. The van der Waals surface area contributed by atoms with E-state index in [4.69, 9.17) is 10.8 Å². The highest BCUT2D eigenvalue weighted by molar-refractivity contribution is 7.99. The Labute approximate surface area is 115 Å². The fourth-order valence-electron chi connectivity index (χ4n) is 2.07. The van der Waals surface area contributed by atoms with Crippen LogP contribution >= 0.6 is 11.8 Å². The Kier molecular flexibility index (Phi) is 5.94. The largest absolute Gasteiger partial charge is 0.480 e. The Morgan fingerprint density at radius 2 is 2.11 bits per heavy atom. The van der Waals surface area contributed by atoms with E-state index >= 15 is 0 Å². The van der Waals surface area contributed by atoms with Crippen LogP contribution in [0.5, 0.6) is 0 Å². The Bertz CT molecular complexity index is 364. The van der Waals surface area contributed by atoms with Gasteiger partial charge in [0.25, 0.3) is 0 Å². The molecule has 0 heterocycles. The van der Waals surface area contributed by atoms with Crippen LogP contribution < -0.4 is 16.4 Å². The standard InChI is InChI=1S/C11H19N3O4S/c1-19-7-3-2-6(4-7)13-11(18)14-8(10(16)17)5-9(12)15/h6-8H,2-5H2,1H3,(H2,12,15)(H,16,17)(H2,13,14,18)/t6?,7?,8-/m1/s1. The van der Waals surface area contributed by atoms with E-state index < -0.39 is 30.4 Å². The van der Waals surface area contributed by atoms with Crippen LogP contribution in [0.3, 0.4) is 0 Å². The predicted molar refractivity (Wildman–Crippen MR) is 71.8 cm³/mol. The molecule has 1 aliphatic rings. The molecule has 2 unspecified atom stereocenters. The fourth-order valence-corrected chi connectivity index (χ4v) is 2.87. The van der Waals surface area contributed by atoms with Crippen LogP contribution in [0.2, 0.25) is 0 Å². The number of primary amides is 1. The summed E-state index contributed by atoms with van der Waals surface area (Å²) in [5.74, 6) is -2.04. The number of amides is 3. The molecule has 19 heavy (non-hydrogen) atoms.